The molecule has 0 fully saturated rings. The summed E-state index contributed by atoms with van der Waals surface area (Å²) in [5.74, 6) is -0.518. The van der Waals surface area contributed by atoms with Gasteiger partial charge in [0.2, 0.25) is 0 Å². The number of nitrogens with one attached hydrogen (secondary N) is 1. The Hall–Kier alpha value is -2.50. The number of aryl methyl sites for hydroxylation is 2. The first-order valence-corrected chi connectivity index (χ1v) is 8.01. The van der Waals surface area contributed by atoms with E-state index in [0.717, 1.165) is 16.9 Å². The van der Waals surface area contributed by atoms with Crippen molar-refractivity contribution in [2.24, 2.45) is 5.92 Å². The molecule has 2 rings (SSSR count). The number of hydrogen-bond donors (Lipinski definition) is 1. The molecule has 0 saturated carbocycles. The lowest BCUT2D eigenvalue weighted by Gasteiger charge is -2.14. The van der Waals surface area contributed by atoms with Crippen LogP contribution >= 0.6 is 0 Å². The molecule has 0 radical (unpaired) electrons. The first-order valence-electron chi connectivity index (χ1n) is 8.01. The van der Waals surface area contributed by atoms with Crippen LogP contribution in [0.15, 0.2) is 18.2 Å². The van der Waals surface area contributed by atoms with Gasteiger partial charge in [0.25, 0.3) is 5.91 Å². The van der Waals surface area contributed by atoms with Gasteiger partial charge < -0.3 is 10.1 Å². The lowest BCUT2D eigenvalue weighted by atomic mass is 10.2. The van der Waals surface area contributed by atoms with E-state index in [1.807, 2.05) is 27.7 Å². The van der Waals surface area contributed by atoms with E-state index in [4.69, 9.17) is 4.74 Å². The third-order valence-electron chi connectivity index (χ3n) is 3.65. The van der Waals surface area contributed by atoms with Crippen molar-refractivity contribution < 1.29 is 14.3 Å². The Morgan fingerprint density at radius 3 is 2.33 bits per heavy atom. The Morgan fingerprint density at radius 1 is 1.08 bits per heavy atom. The van der Waals surface area contributed by atoms with Crippen molar-refractivity contribution in [2.45, 2.75) is 40.7 Å². The van der Waals surface area contributed by atoms with Crippen LogP contribution in [0.3, 0.4) is 0 Å². The van der Waals surface area contributed by atoms with Gasteiger partial charge in [-0.2, -0.15) is 0 Å². The van der Waals surface area contributed by atoms with Gasteiger partial charge in [-0.25, -0.2) is 14.8 Å². The highest BCUT2D eigenvalue weighted by molar-refractivity contribution is 5.95. The predicted octanol–water partition coefficient (Wildman–Crippen LogP) is 2.56. The molecule has 0 saturated heterocycles. The molecule has 0 aliphatic rings. The van der Waals surface area contributed by atoms with Crippen LogP contribution in [0.2, 0.25) is 0 Å². The maximum absolute atomic E-state index is 12.2. The van der Waals surface area contributed by atoms with Crippen molar-refractivity contribution in [2.75, 3.05) is 6.54 Å². The molecule has 1 heterocycles. The Morgan fingerprint density at radius 2 is 1.71 bits per heavy atom. The number of amides is 1. The van der Waals surface area contributed by atoms with E-state index < -0.39 is 12.1 Å². The number of ether oxygens (including phenoxy) is 1. The van der Waals surface area contributed by atoms with Gasteiger partial charge in [0.05, 0.1) is 28.0 Å². The normalized spacial score (nSPS) is 12.2. The number of aromatic nitrogens is 2. The molecule has 128 valence electrons. The second kappa shape index (κ2) is 7.38. The molecule has 0 bridgehead atoms. The van der Waals surface area contributed by atoms with Crippen LogP contribution in [-0.2, 0) is 9.53 Å². The summed E-state index contributed by atoms with van der Waals surface area (Å²) in [5, 5.41) is 2.74. The number of carbonyl (C=O) groups is 2. The molecule has 6 heteroatoms. The van der Waals surface area contributed by atoms with Crippen molar-refractivity contribution >= 4 is 22.9 Å². The van der Waals surface area contributed by atoms with Gasteiger partial charge in [0.1, 0.15) is 0 Å². The fourth-order valence-corrected chi connectivity index (χ4v) is 2.09. The minimum absolute atomic E-state index is 0.302. The van der Waals surface area contributed by atoms with Gasteiger partial charge >= 0.3 is 5.97 Å². The molecular formula is C18H23N3O3. The van der Waals surface area contributed by atoms with E-state index in [1.54, 1.807) is 25.1 Å². The Labute approximate surface area is 141 Å². The van der Waals surface area contributed by atoms with Crippen LogP contribution in [0, 0.1) is 19.8 Å². The fraction of sp³-hybridized carbons (Fsp3) is 0.444. The van der Waals surface area contributed by atoms with Crippen molar-refractivity contribution in [3.63, 3.8) is 0 Å². The van der Waals surface area contributed by atoms with Gasteiger partial charge in [-0.1, -0.05) is 13.8 Å². The third-order valence-corrected chi connectivity index (χ3v) is 3.65. The summed E-state index contributed by atoms with van der Waals surface area (Å²) >= 11 is 0. The SMILES string of the molecule is Cc1nc2ccc(C(=O)O[C@H](C)C(=O)NCC(C)C)cc2nc1C. The van der Waals surface area contributed by atoms with Gasteiger partial charge in [-0.05, 0) is 44.9 Å². The maximum Gasteiger partial charge on any atom is 0.338 e. The average Bonchev–Trinajstić information content (AvgIpc) is 2.53. The van der Waals surface area contributed by atoms with Crippen molar-refractivity contribution in [1.82, 2.24) is 15.3 Å². The number of esters is 1. The van der Waals surface area contributed by atoms with Crippen molar-refractivity contribution in [3.8, 4) is 0 Å². The van der Waals surface area contributed by atoms with Crippen LogP contribution in [0.25, 0.3) is 11.0 Å². The monoisotopic (exact) mass is 329 g/mol. The minimum Gasteiger partial charge on any atom is -0.449 e. The van der Waals surface area contributed by atoms with Crippen LogP contribution in [0.5, 0.6) is 0 Å². The van der Waals surface area contributed by atoms with Crippen LogP contribution in [0.1, 0.15) is 42.5 Å². The highest BCUT2D eigenvalue weighted by Crippen LogP contribution is 2.15. The summed E-state index contributed by atoms with van der Waals surface area (Å²) in [6.07, 6.45) is -0.849. The molecule has 1 amide bonds. The predicted molar refractivity (Wildman–Crippen MR) is 91.7 cm³/mol. The van der Waals surface area contributed by atoms with Gasteiger partial charge in [0, 0.05) is 6.54 Å². The smallest absolute Gasteiger partial charge is 0.338 e. The Kier molecular flexibility index (Phi) is 5.49. The number of hydrogen-bond acceptors (Lipinski definition) is 5. The zero-order valence-corrected chi connectivity index (χ0v) is 14.7. The van der Waals surface area contributed by atoms with Gasteiger partial charge in [-0.15, -0.1) is 0 Å². The number of rotatable bonds is 5. The van der Waals surface area contributed by atoms with Crippen LogP contribution in [0.4, 0.5) is 0 Å². The number of nitrogens with zero attached hydrogens (tertiary/aromatic N) is 2. The molecule has 0 spiro atoms. The Bertz CT molecular complexity index is 771. The summed E-state index contributed by atoms with van der Waals surface area (Å²) in [6.45, 7) is 9.86. The molecule has 1 N–H and O–H groups in total. The van der Waals surface area contributed by atoms with E-state index in [9.17, 15) is 9.59 Å². The lowest BCUT2D eigenvalue weighted by molar-refractivity contribution is -0.129. The van der Waals surface area contributed by atoms with E-state index >= 15 is 0 Å². The van der Waals surface area contributed by atoms with Crippen molar-refractivity contribution in [3.05, 3.63) is 35.2 Å². The zero-order valence-electron chi connectivity index (χ0n) is 14.7. The summed E-state index contributed by atoms with van der Waals surface area (Å²) in [4.78, 5) is 33.0. The molecule has 0 unspecified atom stereocenters. The molecule has 24 heavy (non-hydrogen) atoms. The number of benzene rings is 1. The molecule has 6 nitrogen and oxygen atoms in total. The highest BCUT2D eigenvalue weighted by Gasteiger charge is 2.19. The fourth-order valence-electron chi connectivity index (χ4n) is 2.09. The second-order valence-electron chi connectivity index (χ2n) is 6.28. The zero-order chi connectivity index (χ0) is 17.9. The standard InChI is InChI=1S/C18H23N3O3/c1-10(2)9-19-17(22)13(5)24-18(23)14-6-7-15-16(8-14)21-12(4)11(3)20-15/h6-8,10,13H,9H2,1-5H3,(H,19,22)/t13-/m1/s1. The summed E-state index contributed by atoms with van der Waals surface area (Å²) in [7, 11) is 0. The molecular weight excluding hydrogens is 306 g/mol. The van der Waals surface area contributed by atoms with Crippen LogP contribution < -0.4 is 5.32 Å². The van der Waals surface area contributed by atoms with E-state index in [-0.39, 0.29) is 5.91 Å². The van der Waals surface area contributed by atoms with E-state index in [1.165, 1.54) is 0 Å². The molecule has 0 aliphatic heterocycles. The van der Waals surface area contributed by atoms with Gasteiger partial charge in [0.15, 0.2) is 6.10 Å². The van der Waals surface area contributed by atoms with E-state index in [0.29, 0.717) is 23.5 Å². The Balaban J connectivity index is 2.10. The summed E-state index contributed by atoms with van der Waals surface area (Å²) in [6, 6.07) is 5.00. The molecule has 1 aromatic carbocycles. The maximum atomic E-state index is 12.2. The number of fused-ring (bicyclic) bond motifs is 1. The molecule has 0 aliphatic carbocycles. The lowest BCUT2D eigenvalue weighted by Crippen LogP contribution is -2.37. The van der Waals surface area contributed by atoms with Crippen LogP contribution in [-0.4, -0.2) is 34.5 Å². The first kappa shape index (κ1) is 17.8. The summed E-state index contributed by atoms with van der Waals surface area (Å²) in [5.41, 5.74) is 3.37. The summed E-state index contributed by atoms with van der Waals surface area (Å²) < 4.78 is 5.23. The van der Waals surface area contributed by atoms with E-state index in [2.05, 4.69) is 15.3 Å². The number of carbonyl (C=O) groups excluding carboxylic acids is 2. The average molecular weight is 329 g/mol. The molecule has 1 atom stereocenters. The molecule has 2 aromatic rings. The largest absolute Gasteiger partial charge is 0.449 e. The topological polar surface area (TPSA) is 81.2 Å². The quantitative estimate of drug-likeness (QED) is 0.853. The molecule has 1 aromatic heterocycles. The second-order valence-corrected chi connectivity index (χ2v) is 6.28. The highest BCUT2D eigenvalue weighted by atomic mass is 16.5. The van der Waals surface area contributed by atoms with Crippen molar-refractivity contribution in [1.29, 1.82) is 0 Å². The third kappa shape index (κ3) is 4.28. The first-order chi connectivity index (χ1) is 11.3. The minimum atomic E-state index is -0.849. The van der Waals surface area contributed by atoms with Gasteiger partial charge in [-0.3, -0.25) is 4.79 Å².